The molecule has 4 nitrogen and oxygen atoms in total. The van der Waals surface area contributed by atoms with E-state index in [0.717, 1.165) is 5.56 Å². The number of aryl methyl sites for hydroxylation is 1. The molecule has 0 aliphatic carbocycles. The van der Waals surface area contributed by atoms with Crippen LogP contribution in [-0.4, -0.2) is 17.9 Å². The number of rotatable bonds is 5. The SMILES string of the molecule is CC(NC(=O)CCc1ccccc1)C(=O)[O-]. The quantitative estimate of drug-likeness (QED) is 0.751. The lowest BCUT2D eigenvalue weighted by Gasteiger charge is -2.14. The Balaban J connectivity index is 2.33. The maximum Gasteiger partial charge on any atom is 0.220 e. The van der Waals surface area contributed by atoms with Crippen molar-refractivity contribution in [2.45, 2.75) is 25.8 Å². The number of aliphatic carboxylic acids is 1. The normalized spacial score (nSPS) is 11.8. The zero-order valence-electron chi connectivity index (χ0n) is 9.10. The number of carbonyl (C=O) groups excluding carboxylic acids is 2. The predicted octanol–water partition coefficient (Wildman–Crippen LogP) is -0.126. The molecule has 1 unspecified atom stereocenters. The fraction of sp³-hybridized carbons (Fsp3) is 0.333. The van der Waals surface area contributed by atoms with Crippen LogP contribution in [0.1, 0.15) is 18.9 Å². The molecular formula is C12H14NO3-. The van der Waals surface area contributed by atoms with Crippen molar-refractivity contribution >= 4 is 11.9 Å². The first-order chi connectivity index (χ1) is 7.59. The summed E-state index contributed by atoms with van der Waals surface area (Å²) in [4.78, 5) is 21.7. The van der Waals surface area contributed by atoms with E-state index >= 15 is 0 Å². The van der Waals surface area contributed by atoms with E-state index in [2.05, 4.69) is 5.32 Å². The third-order valence-corrected chi connectivity index (χ3v) is 2.21. The summed E-state index contributed by atoms with van der Waals surface area (Å²) in [6, 6.07) is 8.61. The largest absolute Gasteiger partial charge is 0.548 e. The second kappa shape index (κ2) is 5.90. The molecule has 0 aromatic heterocycles. The summed E-state index contributed by atoms with van der Waals surface area (Å²) < 4.78 is 0. The molecule has 1 rings (SSSR count). The number of hydrogen-bond donors (Lipinski definition) is 1. The van der Waals surface area contributed by atoms with Crippen molar-refractivity contribution in [1.29, 1.82) is 0 Å². The first-order valence-electron chi connectivity index (χ1n) is 5.13. The van der Waals surface area contributed by atoms with Gasteiger partial charge < -0.3 is 15.2 Å². The van der Waals surface area contributed by atoms with E-state index in [4.69, 9.17) is 0 Å². The molecule has 0 aliphatic heterocycles. The van der Waals surface area contributed by atoms with Gasteiger partial charge in [0.25, 0.3) is 0 Å². The van der Waals surface area contributed by atoms with Crippen LogP contribution in [0.4, 0.5) is 0 Å². The van der Waals surface area contributed by atoms with E-state index in [1.165, 1.54) is 6.92 Å². The van der Waals surface area contributed by atoms with Gasteiger partial charge in [-0.05, 0) is 18.9 Å². The lowest BCUT2D eigenvalue weighted by Crippen LogP contribution is -2.45. The Morgan fingerprint density at radius 3 is 2.50 bits per heavy atom. The van der Waals surface area contributed by atoms with Crippen LogP contribution >= 0.6 is 0 Å². The maximum atomic E-state index is 11.3. The molecule has 4 heteroatoms. The average Bonchev–Trinajstić information content (AvgIpc) is 2.27. The van der Waals surface area contributed by atoms with Gasteiger partial charge in [-0.3, -0.25) is 4.79 Å². The summed E-state index contributed by atoms with van der Waals surface area (Å²) in [6.45, 7) is 1.38. The van der Waals surface area contributed by atoms with Gasteiger partial charge in [0.2, 0.25) is 5.91 Å². The molecule has 0 radical (unpaired) electrons. The number of carbonyl (C=O) groups is 2. The minimum atomic E-state index is -1.27. The van der Waals surface area contributed by atoms with E-state index in [1.54, 1.807) is 0 Å². The Morgan fingerprint density at radius 2 is 1.94 bits per heavy atom. The fourth-order valence-electron chi connectivity index (χ4n) is 1.28. The topological polar surface area (TPSA) is 69.2 Å². The van der Waals surface area contributed by atoms with Crippen LogP contribution in [0.2, 0.25) is 0 Å². The smallest absolute Gasteiger partial charge is 0.220 e. The van der Waals surface area contributed by atoms with Gasteiger partial charge in [-0.2, -0.15) is 0 Å². The van der Waals surface area contributed by atoms with Crippen molar-refractivity contribution in [2.75, 3.05) is 0 Å². The summed E-state index contributed by atoms with van der Waals surface area (Å²) in [5.41, 5.74) is 1.05. The molecule has 1 atom stereocenters. The highest BCUT2D eigenvalue weighted by Gasteiger charge is 2.07. The monoisotopic (exact) mass is 220 g/mol. The van der Waals surface area contributed by atoms with Crippen LogP contribution < -0.4 is 10.4 Å². The van der Waals surface area contributed by atoms with E-state index in [9.17, 15) is 14.7 Å². The molecule has 1 aromatic rings. The van der Waals surface area contributed by atoms with Gasteiger partial charge in [0.05, 0.1) is 12.0 Å². The number of carboxylic acids is 1. The number of carboxylic acid groups (broad SMARTS) is 1. The van der Waals surface area contributed by atoms with Crippen molar-refractivity contribution in [1.82, 2.24) is 5.32 Å². The van der Waals surface area contributed by atoms with Gasteiger partial charge in [-0.1, -0.05) is 30.3 Å². The fourth-order valence-corrected chi connectivity index (χ4v) is 1.28. The summed E-state index contributed by atoms with van der Waals surface area (Å²) in [7, 11) is 0. The highest BCUT2D eigenvalue weighted by atomic mass is 16.4. The van der Waals surface area contributed by atoms with Crippen molar-refractivity contribution in [3.8, 4) is 0 Å². The van der Waals surface area contributed by atoms with Gasteiger partial charge in [-0.15, -0.1) is 0 Å². The van der Waals surface area contributed by atoms with Crippen LogP contribution in [0, 0.1) is 0 Å². The van der Waals surface area contributed by atoms with Crippen LogP contribution in [-0.2, 0) is 16.0 Å². The molecule has 1 amide bonds. The molecule has 0 saturated carbocycles. The zero-order valence-corrected chi connectivity index (χ0v) is 9.10. The Kier molecular flexibility index (Phi) is 4.51. The highest BCUT2D eigenvalue weighted by Crippen LogP contribution is 2.02. The van der Waals surface area contributed by atoms with Crippen LogP contribution in [0.3, 0.4) is 0 Å². The molecule has 0 aliphatic rings. The lowest BCUT2D eigenvalue weighted by atomic mass is 10.1. The van der Waals surface area contributed by atoms with Crippen molar-refractivity contribution in [2.24, 2.45) is 0 Å². The molecule has 16 heavy (non-hydrogen) atoms. The first kappa shape index (κ1) is 12.2. The predicted molar refractivity (Wildman–Crippen MR) is 57.4 cm³/mol. The molecular weight excluding hydrogens is 206 g/mol. The molecule has 1 aromatic carbocycles. The van der Waals surface area contributed by atoms with E-state index in [0.29, 0.717) is 6.42 Å². The first-order valence-corrected chi connectivity index (χ1v) is 5.13. The van der Waals surface area contributed by atoms with E-state index in [-0.39, 0.29) is 12.3 Å². The highest BCUT2D eigenvalue weighted by molar-refractivity contribution is 5.82. The number of hydrogen-bond acceptors (Lipinski definition) is 3. The van der Waals surface area contributed by atoms with Gasteiger partial charge in [0.15, 0.2) is 0 Å². The van der Waals surface area contributed by atoms with Crippen molar-refractivity contribution in [3.05, 3.63) is 35.9 Å². The molecule has 0 saturated heterocycles. The number of nitrogens with one attached hydrogen (secondary N) is 1. The Bertz CT molecular complexity index is 362. The maximum absolute atomic E-state index is 11.3. The third-order valence-electron chi connectivity index (χ3n) is 2.21. The summed E-state index contributed by atoms with van der Waals surface area (Å²) >= 11 is 0. The standard InChI is InChI=1S/C12H15NO3/c1-9(12(15)16)13-11(14)8-7-10-5-3-2-4-6-10/h2-6,9H,7-8H2,1H3,(H,13,14)(H,15,16)/p-1. The van der Waals surface area contributed by atoms with Crippen molar-refractivity contribution in [3.63, 3.8) is 0 Å². The molecule has 0 spiro atoms. The molecule has 0 bridgehead atoms. The third kappa shape index (κ3) is 4.13. The summed E-state index contributed by atoms with van der Waals surface area (Å²) in [6.07, 6.45) is 0.883. The van der Waals surface area contributed by atoms with Gasteiger partial charge in [0, 0.05) is 6.42 Å². The Labute approximate surface area is 94.3 Å². The van der Waals surface area contributed by atoms with Crippen LogP contribution in [0.25, 0.3) is 0 Å². The number of amides is 1. The lowest BCUT2D eigenvalue weighted by molar-refractivity contribution is -0.307. The minimum absolute atomic E-state index is 0.277. The van der Waals surface area contributed by atoms with Gasteiger partial charge in [-0.25, -0.2) is 0 Å². The molecule has 86 valence electrons. The van der Waals surface area contributed by atoms with Gasteiger partial charge in [0.1, 0.15) is 0 Å². The molecule has 1 N–H and O–H groups in total. The summed E-state index contributed by atoms with van der Waals surface area (Å²) in [5.74, 6) is -1.55. The van der Waals surface area contributed by atoms with Gasteiger partial charge >= 0.3 is 0 Å². The van der Waals surface area contributed by atoms with Crippen molar-refractivity contribution < 1.29 is 14.7 Å². The summed E-state index contributed by atoms with van der Waals surface area (Å²) in [5, 5.41) is 12.7. The number of benzene rings is 1. The van der Waals surface area contributed by atoms with E-state index in [1.807, 2.05) is 30.3 Å². The van der Waals surface area contributed by atoms with Crippen LogP contribution in [0.15, 0.2) is 30.3 Å². The Morgan fingerprint density at radius 1 is 1.31 bits per heavy atom. The second-order valence-corrected chi connectivity index (χ2v) is 3.59. The molecule has 0 fully saturated rings. The second-order valence-electron chi connectivity index (χ2n) is 3.59. The average molecular weight is 220 g/mol. The Hall–Kier alpha value is -1.84. The molecule has 0 heterocycles. The zero-order chi connectivity index (χ0) is 12.0. The van der Waals surface area contributed by atoms with Crippen LogP contribution in [0.5, 0.6) is 0 Å². The van der Waals surface area contributed by atoms with E-state index < -0.39 is 12.0 Å². The minimum Gasteiger partial charge on any atom is -0.548 e.